The fraction of sp³-hybridized carbons (Fsp3) is 0.417. The molecule has 0 spiro atoms. The first kappa shape index (κ1) is 13.3. The lowest BCUT2D eigenvalue weighted by atomic mass is 10.1. The Labute approximate surface area is 99.4 Å². The normalized spacial score (nSPS) is 11.9. The molecule has 0 aliphatic heterocycles. The highest BCUT2D eigenvalue weighted by Crippen LogP contribution is 2.20. The zero-order chi connectivity index (χ0) is 12.8. The Bertz CT molecular complexity index is 395. The van der Waals surface area contributed by atoms with Gasteiger partial charge >= 0.3 is 5.97 Å². The first-order valence-electron chi connectivity index (χ1n) is 5.38. The third kappa shape index (κ3) is 3.62. The van der Waals surface area contributed by atoms with Crippen molar-refractivity contribution in [3.05, 3.63) is 24.0 Å². The molecule has 0 bridgehead atoms. The summed E-state index contributed by atoms with van der Waals surface area (Å²) in [4.78, 5) is 10.8. The summed E-state index contributed by atoms with van der Waals surface area (Å²) in [7, 11) is 1.39. The molecule has 1 unspecified atom stereocenters. The number of hydrogen-bond acceptors (Lipinski definition) is 3. The van der Waals surface area contributed by atoms with Crippen molar-refractivity contribution < 1.29 is 19.0 Å². The van der Waals surface area contributed by atoms with Crippen molar-refractivity contribution >= 4 is 11.7 Å². The standard InChI is InChI=1S/C12H16FNO3/c1-3-8(12(15)16)7-14-9-4-5-11(17-2)10(13)6-9/h4-6,8,14H,3,7H2,1-2H3,(H,15,16). The van der Waals surface area contributed by atoms with Crippen LogP contribution in [0.2, 0.25) is 0 Å². The SMILES string of the molecule is CCC(CNc1ccc(OC)c(F)c1)C(=O)O. The van der Waals surface area contributed by atoms with Gasteiger partial charge in [0.05, 0.1) is 13.0 Å². The molecular weight excluding hydrogens is 225 g/mol. The van der Waals surface area contributed by atoms with E-state index in [-0.39, 0.29) is 12.3 Å². The van der Waals surface area contributed by atoms with E-state index in [0.717, 1.165) is 0 Å². The maximum absolute atomic E-state index is 13.3. The van der Waals surface area contributed by atoms with Gasteiger partial charge in [-0.15, -0.1) is 0 Å². The fourth-order valence-corrected chi connectivity index (χ4v) is 1.42. The Morgan fingerprint density at radius 3 is 2.76 bits per heavy atom. The third-order valence-electron chi connectivity index (χ3n) is 2.55. The molecule has 0 heterocycles. The summed E-state index contributed by atoms with van der Waals surface area (Å²) in [5.74, 6) is -1.63. The van der Waals surface area contributed by atoms with Crippen molar-refractivity contribution in [2.24, 2.45) is 5.92 Å². The number of nitrogens with one attached hydrogen (secondary N) is 1. The lowest BCUT2D eigenvalue weighted by molar-refractivity contribution is -0.141. The lowest BCUT2D eigenvalue weighted by Gasteiger charge is -2.12. The molecule has 4 nitrogen and oxygen atoms in total. The minimum atomic E-state index is -0.853. The number of hydrogen-bond donors (Lipinski definition) is 2. The molecule has 1 aromatic rings. The van der Waals surface area contributed by atoms with E-state index < -0.39 is 17.7 Å². The molecule has 1 rings (SSSR count). The van der Waals surface area contributed by atoms with E-state index in [1.54, 1.807) is 13.0 Å². The van der Waals surface area contributed by atoms with E-state index in [0.29, 0.717) is 12.1 Å². The second kappa shape index (κ2) is 6.08. The molecule has 1 aromatic carbocycles. The van der Waals surface area contributed by atoms with E-state index >= 15 is 0 Å². The van der Waals surface area contributed by atoms with E-state index in [9.17, 15) is 9.18 Å². The Balaban J connectivity index is 2.63. The zero-order valence-electron chi connectivity index (χ0n) is 9.87. The zero-order valence-corrected chi connectivity index (χ0v) is 9.87. The van der Waals surface area contributed by atoms with Crippen molar-refractivity contribution in [3.8, 4) is 5.75 Å². The molecule has 1 atom stereocenters. The average Bonchev–Trinajstić information content (AvgIpc) is 2.29. The van der Waals surface area contributed by atoms with Crippen LogP contribution in [0, 0.1) is 11.7 Å². The molecular formula is C12H16FNO3. The largest absolute Gasteiger partial charge is 0.494 e. The highest BCUT2D eigenvalue weighted by molar-refractivity contribution is 5.70. The summed E-state index contributed by atoms with van der Waals surface area (Å²) in [6, 6.07) is 4.43. The van der Waals surface area contributed by atoms with Crippen molar-refractivity contribution in [3.63, 3.8) is 0 Å². The second-order valence-electron chi connectivity index (χ2n) is 3.67. The van der Waals surface area contributed by atoms with Gasteiger partial charge in [0.15, 0.2) is 11.6 Å². The third-order valence-corrected chi connectivity index (χ3v) is 2.55. The number of rotatable bonds is 6. The molecule has 0 aromatic heterocycles. The number of ether oxygens (including phenoxy) is 1. The Morgan fingerprint density at radius 1 is 1.59 bits per heavy atom. The summed E-state index contributed by atoms with van der Waals surface area (Å²) in [6.07, 6.45) is 0.529. The van der Waals surface area contributed by atoms with Crippen LogP contribution in [0.4, 0.5) is 10.1 Å². The minimum absolute atomic E-state index is 0.167. The topological polar surface area (TPSA) is 58.6 Å². The highest BCUT2D eigenvalue weighted by Gasteiger charge is 2.14. The summed E-state index contributed by atoms with van der Waals surface area (Å²) >= 11 is 0. The minimum Gasteiger partial charge on any atom is -0.494 e. The maximum Gasteiger partial charge on any atom is 0.308 e. The fourth-order valence-electron chi connectivity index (χ4n) is 1.42. The van der Waals surface area contributed by atoms with Crippen LogP contribution in [0.3, 0.4) is 0 Å². The number of carboxylic acid groups (broad SMARTS) is 1. The summed E-state index contributed by atoms with van der Waals surface area (Å²) < 4.78 is 18.1. The van der Waals surface area contributed by atoms with Crippen molar-refractivity contribution in [1.82, 2.24) is 0 Å². The van der Waals surface area contributed by atoms with E-state index in [2.05, 4.69) is 5.32 Å². The number of carboxylic acids is 1. The summed E-state index contributed by atoms with van der Waals surface area (Å²) in [6.45, 7) is 2.08. The Kier molecular flexibility index (Phi) is 4.75. The van der Waals surface area contributed by atoms with Gasteiger partial charge < -0.3 is 15.2 Å². The number of aliphatic carboxylic acids is 1. The van der Waals surface area contributed by atoms with Crippen LogP contribution in [0.1, 0.15) is 13.3 Å². The van der Waals surface area contributed by atoms with Gasteiger partial charge in [-0.1, -0.05) is 6.92 Å². The number of halogens is 1. The average molecular weight is 241 g/mol. The summed E-state index contributed by atoms with van der Waals surface area (Å²) in [5.41, 5.74) is 0.544. The van der Waals surface area contributed by atoms with Crippen LogP contribution in [0.15, 0.2) is 18.2 Å². The molecule has 0 saturated heterocycles. The predicted octanol–water partition coefficient (Wildman–Crippen LogP) is 2.36. The molecule has 0 aliphatic carbocycles. The number of benzene rings is 1. The van der Waals surface area contributed by atoms with Gasteiger partial charge in [0.1, 0.15) is 0 Å². The summed E-state index contributed by atoms with van der Waals surface area (Å²) in [5, 5.41) is 11.7. The smallest absolute Gasteiger partial charge is 0.308 e. The predicted molar refractivity (Wildman–Crippen MR) is 62.9 cm³/mol. The van der Waals surface area contributed by atoms with Crippen LogP contribution in [0.25, 0.3) is 0 Å². The number of anilines is 1. The molecule has 5 heteroatoms. The molecule has 0 radical (unpaired) electrons. The van der Waals surface area contributed by atoms with E-state index in [1.807, 2.05) is 0 Å². The quantitative estimate of drug-likeness (QED) is 0.802. The Hall–Kier alpha value is -1.78. The molecule has 0 aliphatic rings. The van der Waals surface area contributed by atoms with Crippen LogP contribution >= 0.6 is 0 Å². The van der Waals surface area contributed by atoms with Gasteiger partial charge in [0.25, 0.3) is 0 Å². The molecule has 2 N–H and O–H groups in total. The van der Waals surface area contributed by atoms with Crippen LogP contribution in [-0.4, -0.2) is 24.7 Å². The van der Waals surface area contributed by atoms with Crippen LogP contribution in [0.5, 0.6) is 5.75 Å². The molecule has 0 fully saturated rings. The van der Waals surface area contributed by atoms with Crippen molar-refractivity contribution in [1.29, 1.82) is 0 Å². The van der Waals surface area contributed by atoms with Gasteiger partial charge in [-0.3, -0.25) is 4.79 Å². The van der Waals surface area contributed by atoms with Gasteiger partial charge in [-0.05, 0) is 18.6 Å². The van der Waals surface area contributed by atoms with Gasteiger partial charge in [-0.25, -0.2) is 4.39 Å². The van der Waals surface area contributed by atoms with Crippen molar-refractivity contribution in [2.75, 3.05) is 19.0 Å². The monoisotopic (exact) mass is 241 g/mol. The highest BCUT2D eigenvalue weighted by atomic mass is 19.1. The van der Waals surface area contributed by atoms with Gasteiger partial charge in [0.2, 0.25) is 0 Å². The maximum atomic E-state index is 13.3. The molecule has 94 valence electrons. The first-order valence-corrected chi connectivity index (χ1v) is 5.38. The first-order chi connectivity index (χ1) is 8.08. The van der Waals surface area contributed by atoms with E-state index in [4.69, 9.17) is 9.84 Å². The van der Waals surface area contributed by atoms with Gasteiger partial charge in [0, 0.05) is 18.3 Å². The van der Waals surface area contributed by atoms with E-state index in [1.165, 1.54) is 19.2 Å². The van der Waals surface area contributed by atoms with Crippen molar-refractivity contribution in [2.45, 2.75) is 13.3 Å². The van der Waals surface area contributed by atoms with Crippen LogP contribution < -0.4 is 10.1 Å². The Morgan fingerprint density at radius 2 is 2.29 bits per heavy atom. The number of carbonyl (C=O) groups is 1. The van der Waals surface area contributed by atoms with Gasteiger partial charge in [-0.2, -0.15) is 0 Å². The molecule has 0 saturated carbocycles. The second-order valence-corrected chi connectivity index (χ2v) is 3.67. The number of methoxy groups -OCH3 is 1. The lowest BCUT2D eigenvalue weighted by Crippen LogP contribution is -2.22. The molecule has 17 heavy (non-hydrogen) atoms. The molecule has 0 amide bonds. The van der Waals surface area contributed by atoms with Crippen LogP contribution in [-0.2, 0) is 4.79 Å².